The van der Waals surface area contributed by atoms with Gasteiger partial charge in [0.25, 0.3) is 0 Å². The number of hydrogen-bond acceptors (Lipinski definition) is 4. The maximum atomic E-state index is 11.4. The molecule has 0 aromatic carbocycles. The Labute approximate surface area is 123 Å². The molecule has 0 bridgehead atoms. The Kier molecular flexibility index (Phi) is 3.68. The molecule has 1 saturated heterocycles. The highest BCUT2D eigenvalue weighted by Gasteiger charge is 2.24. The summed E-state index contributed by atoms with van der Waals surface area (Å²) in [5.74, 6) is 0.644. The van der Waals surface area contributed by atoms with Crippen LogP contribution in [0.3, 0.4) is 0 Å². The third kappa shape index (κ3) is 3.09. The fraction of sp³-hybridized carbons (Fsp3) is 0.467. The third-order valence-electron chi connectivity index (χ3n) is 3.92. The van der Waals surface area contributed by atoms with E-state index < -0.39 is 0 Å². The number of likely N-dealkylation sites (tertiary alicyclic amines) is 1. The molecule has 2 aromatic rings. The molecule has 6 heteroatoms. The van der Waals surface area contributed by atoms with E-state index in [0.717, 1.165) is 48.7 Å². The molecule has 1 atom stereocenters. The number of carbonyl (C=O) groups excluding carboxylic acids is 1. The van der Waals surface area contributed by atoms with Crippen molar-refractivity contribution in [1.82, 2.24) is 25.1 Å². The summed E-state index contributed by atoms with van der Waals surface area (Å²) in [7, 11) is 0. The lowest BCUT2D eigenvalue weighted by molar-refractivity contribution is -0.127. The normalized spacial score (nSPS) is 18.2. The van der Waals surface area contributed by atoms with Gasteiger partial charge in [0.05, 0.1) is 5.69 Å². The van der Waals surface area contributed by atoms with Gasteiger partial charge in [-0.05, 0) is 37.8 Å². The molecule has 1 fully saturated rings. The molecule has 0 radical (unpaired) electrons. The molecule has 1 amide bonds. The number of amides is 1. The zero-order chi connectivity index (χ0) is 14.8. The fourth-order valence-electron chi connectivity index (χ4n) is 2.78. The van der Waals surface area contributed by atoms with E-state index in [4.69, 9.17) is 0 Å². The van der Waals surface area contributed by atoms with Crippen molar-refractivity contribution >= 4 is 5.91 Å². The smallest absolute Gasteiger partial charge is 0.219 e. The van der Waals surface area contributed by atoms with Crippen LogP contribution >= 0.6 is 0 Å². The van der Waals surface area contributed by atoms with Crippen LogP contribution in [-0.2, 0) is 11.2 Å². The lowest BCUT2D eigenvalue weighted by atomic mass is 10.0. The lowest BCUT2D eigenvalue weighted by Gasteiger charge is -2.13. The molecule has 3 heterocycles. The summed E-state index contributed by atoms with van der Waals surface area (Å²) in [4.78, 5) is 21.9. The number of hydrogen-bond donors (Lipinski definition) is 1. The minimum absolute atomic E-state index is 0.160. The zero-order valence-corrected chi connectivity index (χ0v) is 12.3. The van der Waals surface area contributed by atoms with E-state index in [1.165, 1.54) is 0 Å². The van der Waals surface area contributed by atoms with Crippen LogP contribution in [0.25, 0.3) is 11.4 Å². The van der Waals surface area contributed by atoms with E-state index in [1.54, 1.807) is 13.3 Å². The molecule has 6 nitrogen and oxygen atoms in total. The second-order valence-electron chi connectivity index (χ2n) is 5.65. The van der Waals surface area contributed by atoms with Crippen LogP contribution in [-0.4, -0.2) is 44.1 Å². The second kappa shape index (κ2) is 5.63. The standard InChI is InChI=1S/C15H19N5O/c1-10-5-15(19-18-10)14-7-13(16-9-17-14)6-12-3-4-20(8-12)11(2)21/h5,7,9,12H,3-4,6,8H2,1-2H3,(H,18,19). The molecule has 110 valence electrons. The van der Waals surface area contributed by atoms with E-state index in [1.807, 2.05) is 24.0 Å². The predicted octanol–water partition coefficient (Wildman–Crippen LogP) is 1.59. The van der Waals surface area contributed by atoms with Gasteiger partial charge in [-0.2, -0.15) is 5.10 Å². The van der Waals surface area contributed by atoms with Crippen molar-refractivity contribution in [3.8, 4) is 11.4 Å². The SMILES string of the molecule is CC(=O)N1CCC(Cc2cc(-c3cc(C)[nH]n3)ncn2)C1. The first kappa shape index (κ1) is 13.7. The molecule has 1 aliphatic rings. The van der Waals surface area contributed by atoms with E-state index in [2.05, 4.69) is 20.2 Å². The van der Waals surface area contributed by atoms with Gasteiger partial charge in [-0.1, -0.05) is 0 Å². The van der Waals surface area contributed by atoms with Crippen LogP contribution in [0, 0.1) is 12.8 Å². The molecule has 3 rings (SSSR count). The molecule has 1 aliphatic heterocycles. The maximum Gasteiger partial charge on any atom is 0.219 e. The molecule has 0 saturated carbocycles. The fourth-order valence-corrected chi connectivity index (χ4v) is 2.78. The molecular weight excluding hydrogens is 266 g/mol. The molecule has 0 aliphatic carbocycles. The van der Waals surface area contributed by atoms with Gasteiger partial charge in [-0.3, -0.25) is 9.89 Å². The number of nitrogens with one attached hydrogen (secondary N) is 1. The molecule has 1 unspecified atom stereocenters. The highest BCUT2D eigenvalue weighted by atomic mass is 16.2. The Hall–Kier alpha value is -2.24. The van der Waals surface area contributed by atoms with Crippen molar-refractivity contribution in [1.29, 1.82) is 0 Å². The van der Waals surface area contributed by atoms with Crippen LogP contribution < -0.4 is 0 Å². The first-order chi connectivity index (χ1) is 10.1. The Morgan fingerprint density at radius 3 is 2.90 bits per heavy atom. The average molecular weight is 285 g/mol. The quantitative estimate of drug-likeness (QED) is 0.929. The zero-order valence-electron chi connectivity index (χ0n) is 12.3. The van der Waals surface area contributed by atoms with E-state index in [9.17, 15) is 4.79 Å². The van der Waals surface area contributed by atoms with Gasteiger partial charge in [-0.25, -0.2) is 9.97 Å². The minimum atomic E-state index is 0.160. The average Bonchev–Trinajstić information content (AvgIpc) is 3.08. The first-order valence-corrected chi connectivity index (χ1v) is 7.20. The van der Waals surface area contributed by atoms with Gasteiger partial charge in [-0.15, -0.1) is 0 Å². The number of H-pyrrole nitrogens is 1. The molecular formula is C15H19N5O. The van der Waals surface area contributed by atoms with Crippen LogP contribution in [0.15, 0.2) is 18.5 Å². The molecule has 1 N–H and O–H groups in total. The summed E-state index contributed by atoms with van der Waals surface area (Å²) in [6, 6.07) is 3.96. The lowest BCUT2D eigenvalue weighted by Crippen LogP contribution is -2.26. The highest BCUT2D eigenvalue weighted by molar-refractivity contribution is 5.73. The highest BCUT2D eigenvalue weighted by Crippen LogP contribution is 2.22. The first-order valence-electron chi connectivity index (χ1n) is 7.20. The molecule has 2 aromatic heterocycles. The van der Waals surface area contributed by atoms with Crippen LogP contribution in [0.1, 0.15) is 24.7 Å². The molecule has 0 spiro atoms. The maximum absolute atomic E-state index is 11.4. The number of nitrogens with zero attached hydrogens (tertiary/aromatic N) is 4. The van der Waals surface area contributed by atoms with Crippen LogP contribution in [0.4, 0.5) is 0 Å². The summed E-state index contributed by atoms with van der Waals surface area (Å²) < 4.78 is 0. The van der Waals surface area contributed by atoms with Crippen LogP contribution in [0.5, 0.6) is 0 Å². The predicted molar refractivity (Wildman–Crippen MR) is 78.4 cm³/mol. The van der Waals surface area contributed by atoms with E-state index >= 15 is 0 Å². The van der Waals surface area contributed by atoms with Gasteiger partial charge in [0.2, 0.25) is 5.91 Å². The topological polar surface area (TPSA) is 74.8 Å². The van der Waals surface area contributed by atoms with Crippen molar-refractivity contribution in [3.63, 3.8) is 0 Å². The van der Waals surface area contributed by atoms with Gasteiger partial charge in [0.1, 0.15) is 12.0 Å². The Balaban J connectivity index is 1.71. The number of carbonyl (C=O) groups is 1. The van der Waals surface area contributed by atoms with Crippen molar-refractivity contribution in [2.24, 2.45) is 5.92 Å². The van der Waals surface area contributed by atoms with Gasteiger partial charge < -0.3 is 4.90 Å². The summed E-state index contributed by atoms with van der Waals surface area (Å²) in [6.07, 6.45) is 3.51. The van der Waals surface area contributed by atoms with Gasteiger partial charge in [0.15, 0.2) is 0 Å². The Morgan fingerprint density at radius 2 is 2.24 bits per heavy atom. The molecule has 21 heavy (non-hydrogen) atoms. The number of aryl methyl sites for hydroxylation is 1. The minimum Gasteiger partial charge on any atom is -0.343 e. The van der Waals surface area contributed by atoms with Crippen molar-refractivity contribution in [3.05, 3.63) is 29.8 Å². The van der Waals surface area contributed by atoms with E-state index in [0.29, 0.717) is 5.92 Å². The summed E-state index contributed by atoms with van der Waals surface area (Å²) in [5, 5.41) is 7.15. The third-order valence-corrected chi connectivity index (χ3v) is 3.92. The Morgan fingerprint density at radius 1 is 1.38 bits per heavy atom. The number of aromatic nitrogens is 4. The summed E-state index contributed by atoms with van der Waals surface area (Å²) in [5.41, 5.74) is 3.70. The number of aromatic amines is 1. The summed E-state index contributed by atoms with van der Waals surface area (Å²) >= 11 is 0. The second-order valence-corrected chi connectivity index (χ2v) is 5.65. The van der Waals surface area contributed by atoms with Gasteiger partial charge in [0, 0.05) is 31.4 Å². The van der Waals surface area contributed by atoms with Crippen molar-refractivity contribution in [2.75, 3.05) is 13.1 Å². The van der Waals surface area contributed by atoms with Crippen LogP contribution in [0.2, 0.25) is 0 Å². The summed E-state index contributed by atoms with van der Waals surface area (Å²) in [6.45, 7) is 5.28. The monoisotopic (exact) mass is 285 g/mol. The number of rotatable bonds is 3. The van der Waals surface area contributed by atoms with Gasteiger partial charge >= 0.3 is 0 Å². The van der Waals surface area contributed by atoms with E-state index in [-0.39, 0.29) is 5.91 Å². The van der Waals surface area contributed by atoms with Crippen molar-refractivity contribution in [2.45, 2.75) is 26.7 Å². The van der Waals surface area contributed by atoms with Crippen molar-refractivity contribution < 1.29 is 4.79 Å². The largest absolute Gasteiger partial charge is 0.343 e. The Bertz CT molecular complexity index is 651.